The van der Waals surface area contributed by atoms with Crippen LogP contribution in [0, 0.1) is 0 Å². The normalized spacial score (nSPS) is 10.4. The average molecular weight is 257 g/mol. The van der Waals surface area contributed by atoms with Crippen molar-refractivity contribution in [3.05, 3.63) is 48.0 Å². The third-order valence-electron chi connectivity index (χ3n) is 2.42. The number of hydrogen-bond donors (Lipinski definition) is 2. The van der Waals surface area contributed by atoms with Crippen LogP contribution in [0.5, 0.6) is 0 Å². The average Bonchev–Trinajstić information content (AvgIpc) is 2.98. The molecule has 2 heterocycles. The van der Waals surface area contributed by atoms with Gasteiger partial charge in [0.05, 0.1) is 6.26 Å². The van der Waals surface area contributed by atoms with Gasteiger partial charge in [-0.2, -0.15) is 0 Å². The molecule has 2 aromatic heterocycles. The van der Waals surface area contributed by atoms with Crippen LogP contribution in [-0.2, 0) is 0 Å². The highest BCUT2D eigenvalue weighted by atomic mass is 32.1. The molecule has 3 rings (SSSR count). The molecule has 90 valence electrons. The number of nitrogens with zero attached hydrogens (tertiary/aromatic N) is 1. The fourth-order valence-corrected chi connectivity index (χ4v) is 2.33. The molecule has 0 saturated heterocycles. The van der Waals surface area contributed by atoms with E-state index in [1.54, 1.807) is 6.26 Å². The zero-order chi connectivity index (χ0) is 12.4. The van der Waals surface area contributed by atoms with E-state index in [-0.39, 0.29) is 0 Å². The molecule has 0 atom stereocenters. The van der Waals surface area contributed by atoms with Gasteiger partial charge in [-0.3, -0.25) is 0 Å². The van der Waals surface area contributed by atoms with Crippen molar-refractivity contribution in [3.63, 3.8) is 0 Å². The molecule has 0 fully saturated rings. The minimum absolute atomic E-state index is 0.725. The quantitative estimate of drug-likeness (QED) is 0.702. The van der Waals surface area contributed by atoms with Crippen molar-refractivity contribution in [2.24, 2.45) is 0 Å². The highest BCUT2D eigenvalue weighted by Gasteiger charge is 2.06. The summed E-state index contributed by atoms with van der Waals surface area (Å²) in [6.07, 6.45) is 1.64. The number of furan rings is 1. The van der Waals surface area contributed by atoms with Crippen LogP contribution < -0.4 is 11.1 Å². The van der Waals surface area contributed by atoms with E-state index >= 15 is 0 Å². The van der Waals surface area contributed by atoms with Gasteiger partial charge in [0.2, 0.25) is 0 Å². The Labute approximate surface area is 108 Å². The number of nitrogen functional groups attached to an aromatic ring is 1. The topological polar surface area (TPSA) is 64.1 Å². The lowest BCUT2D eigenvalue weighted by Gasteiger charge is -2.02. The molecule has 0 spiro atoms. The molecule has 0 aliphatic heterocycles. The van der Waals surface area contributed by atoms with Gasteiger partial charge in [0, 0.05) is 16.8 Å². The van der Waals surface area contributed by atoms with Crippen molar-refractivity contribution < 1.29 is 4.42 Å². The van der Waals surface area contributed by atoms with Crippen LogP contribution in [0.1, 0.15) is 0 Å². The molecular formula is C13H11N3OS. The minimum atomic E-state index is 0.725. The second kappa shape index (κ2) is 4.54. The summed E-state index contributed by atoms with van der Waals surface area (Å²) in [7, 11) is 0. The first-order valence-corrected chi connectivity index (χ1v) is 6.31. The highest BCUT2D eigenvalue weighted by molar-refractivity contribution is 7.14. The first-order chi connectivity index (χ1) is 8.81. The number of aromatic nitrogens is 1. The van der Waals surface area contributed by atoms with Crippen LogP contribution in [0.3, 0.4) is 0 Å². The largest absolute Gasteiger partial charge is 0.463 e. The molecule has 0 bridgehead atoms. The number of thiazole rings is 1. The van der Waals surface area contributed by atoms with Crippen LogP contribution in [0.15, 0.2) is 52.5 Å². The van der Waals surface area contributed by atoms with Crippen molar-refractivity contribution in [1.82, 2.24) is 4.98 Å². The number of hydrogen-bond acceptors (Lipinski definition) is 5. The van der Waals surface area contributed by atoms with Crippen LogP contribution in [0.25, 0.3) is 11.5 Å². The molecule has 0 unspecified atom stereocenters. The second-order valence-electron chi connectivity index (χ2n) is 3.77. The lowest BCUT2D eigenvalue weighted by molar-refractivity contribution is 0.580. The Bertz CT molecular complexity index is 646. The summed E-state index contributed by atoms with van der Waals surface area (Å²) in [6, 6.07) is 11.3. The van der Waals surface area contributed by atoms with E-state index in [9.17, 15) is 0 Å². The summed E-state index contributed by atoms with van der Waals surface area (Å²) in [5, 5.41) is 5.98. The van der Waals surface area contributed by atoms with Crippen molar-refractivity contribution >= 4 is 27.8 Å². The Morgan fingerprint density at radius 2 is 2.17 bits per heavy atom. The summed E-state index contributed by atoms with van der Waals surface area (Å²) in [5.74, 6) is 0.770. The smallest absolute Gasteiger partial charge is 0.187 e. The first kappa shape index (κ1) is 10.9. The van der Waals surface area contributed by atoms with Gasteiger partial charge in [-0.15, -0.1) is 11.3 Å². The molecule has 0 amide bonds. The maximum Gasteiger partial charge on any atom is 0.187 e. The lowest BCUT2D eigenvalue weighted by Crippen LogP contribution is -1.91. The van der Waals surface area contributed by atoms with Crippen LogP contribution >= 0.6 is 11.3 Å². The molecule has 3 N–H and O–H groups in total. The van der Waals surface area contributed by atoms with Gasteiger partial charge in [0.15, 0.2) is 10.9 Å². The van der Waals surface area contributed by atoms with Crippen molar-refractivity contribution in [2.45, 2.75) is 0 Å². The fourth-order valence-electron chi connectivity index (χ4n) is 1.61. The summed E-state index contributed by atoms with van der Waals surface area (Å²) in [6.45, 7) is 0. The Morgan fingerprint density at radius 3 is 2.94 bits per heavy atom. The SMILES string of the molecule is Nc1cccc(Nc2nc(-c3ccco3)cs2)c1. The van der Waals surface area contributed by atoms with Gasteiger partial charge in [0.25, 0.3) is 0 Å². The van der Waals surface area contributed by atoms with E-state index < -0.39 is 0 Å². The number of nitrogens with two attached hydrogens (primary N) is 1. The highest BCUT2D eigenvalue weighted by Crippen LogP contribution is 2.27. The predicted octanol–water partition coefficient (Wildman–Crippen LogP) is 3.73. The molecular weight excluding hydrogens is 246 g/mol. The molecule has 18 heavy (non-hydrogen) atoms. The molecule has 5 heteroatoms. The standard InChI is InChI=1S/C13H11N3OS/c14-9-3-1-4-10(7-9)15-13-16-11(8-18-13)12-5-2-6-17-12/h1-8H,14H2,(H,15,16). The Balaban J connectivity index is 1.82. The van der Waals surface area contributed by atoms with Gasteiger partial charge in [-0.05, 0) is 30.3 Å². The maximum atomic E-state index is 5.72. The van der Waals surface area contributed by atoms with Gasteiger partial charge in [-0.1, -0.05) is 6.07 Å². The van der Waals surface area contributed by atoms with Crippen LogP contribution in [0.4, 0.5) is 16.5 Å². The van der Waals surface area contributed by atoms with E-state index in [0.29, 0.717) is 0 Å². The molecule has 1 aromatic carbocycles. The number of rotatable bonds is 3. The third-order valence-corrected chi connectivity index (χ3v) is 3.17. The Morgan fingerprint density at radius 1 is 1.22 bits per heavy atom. The molecule has 3 aromatic rings. The first-order valence-electron chi connectivity index (χ1n) is 5.43. The van der Waals surface area contributed by atoms with Gasteiger partial charge >= 0.3 is 0 Å². The van der Waals surface area contributed by atoms with Crippen LogP contribution in [0.2, 0.25) is 0 Å². The summed E-state index contributed by atoms with van der Waals surface area (Å²) in [4.78, 5) is 4.45. The number of benzene rings is 1. The van der Waals surface area contributed by atoms with E-state index in [1.165, 1.54) is 11.3 Å². The van der Waals surface area contributed by atoms with Crippen molar-refractivity contribution in [2.75, 3.05) is 11.1 Å². The van der Waals surface area contributed by atoms with E-state index in [2.05, 4.69) is 10.3 Å². The molecule has 0 aliphatic rings. The lowest BCUT2D eigenvalue weighted by atomic mass is 10.3. The minimum Gasteiger partial charge on any atom is -0.463 e. The number of nitrogens with one attached hydrogen (secondary N) is 1. The predicted molar refractivity (Wildman–Crippen MR) is 74.0 cm³/mol. The summed E-state index contributed by atoms with van der Waals surface area (Å²) >= 11 is 1.53. The number of anilines is 3. The van der Waals surface area contributed by atoms with Gasteiger partial charge in [-0.25, -0.2) is 4.98 Å². The zero-order valence-electron chi connectivity index (χ0n) is 9.46. The summed E-state index contributed by atoms with van der Waals surface area (Å²) < 4.78 is 5.30. The van der Waals surface area contributed by atoms with Crippen LogP contribution in [-0.4, -0.2) is 4.98 Å². The van der Waals surface area contributed by atoms with Crippen molar-refractivity contribution in [3.8, 4) is 11.5 Å². The Kier molecular flexibility index (Phi) is 2.74. The van der Waals surface area contributed by atoms with Crippen molar-refractivity contribution in [1.29, 1.82) is 0 Å². The fraction of sp³-hybridized carbons (Fsp3) is 0. The zero-order valence-corrected chi connectivity index (χ0v) is 10.3. The van der Waals surface area contributed by atoms with Gasteiger partial charge < -0.3 is 15.5 Å². The second-order valence-corrected chi connectivity index (χ2v) is 4.62. The monoisotopic (exact) mass is 257 g/mol. The van der Waals surface area contributed by atoms with E-state index in [4.69, 9.17) is 10.2 Å². The Hall–Kier alpha value is -2.27. The summed E-state index contributed by atoms with van der Waals surface area (Å²) in [5.41, 5.74) is 8.20. The van der Waals surface area contributed by atoms with E-state index in [1.807, 2.05) is 41.8 Å². The maximum absolute atomic E-state index is 5.72. The third kappa shape index (κ3) is 2.21. The molecule has 0 radical (unpaired) electrons. The molecule has 4 nitrogen and oxygen atoms in total. The molecule has 0 aliphatic carbocycles. The van der Waals surface area contributed by atoms with Gasteiger partial charge in [0.1, 0.15) is 5.69 Å². The van der Waals surface area contributed by atoms with E-state index in [0.717, 1.165) is 28.0 Å². The molecule has 0 saturated carbocycles.